The Kier molecular flexibility index (Phi) is 5.78. The molecular formula is C18H18O3S. The van der Waals surface area contributed by atoms with Crippen molar-refractivity contribution >= 4 is 23.5 Å². The van der Waals surface area contributed by atoms with Crippen molar-refractivity contribution in [1.29, 1.82) is 0 Å². The number of carbonyl (C=O) groups excluding carboxylic acids is 2. The number of thioether (sulfide) groups is 1. The summed E-state index contributed by atoms with van der Waals surface area (Å²) in [5.41, 5.74) is 1.17. The zero-order valence-electron chi connectivity index (χ0n) is 12.6. The average molecular weight is 314 g/mol. The Labute approximate surface area is 134 Å². The van der Waals surface area contributed by atoms with Gasteiger partial charge in [-0.05, 0) is 30.9 Å². The van der Waals surface area contributed by atoms with Crippen molar-refractivity contribution < 1.29 is 14.3 Å². The minimum atomic E-state index is -0.918. The molecule has 0 saturated carbocycles. The van der Waals surface area contributed by atoms with E-state index in [1.807, 2.05) is 36.6 Å². The summed E-state index contributed by atoms with van der Waals surface area (Å²) in [5, 5.41) is 0. The minimum absolute atomic E-state index is 0.240. The third-order valence-corrected chi connectivity index (χ3v) is 4.04. The Morgan fingerprint density at radius 3 is 2.23 bits per heavy atom. The quantitative estimate of drug-likeness (QED) is 0.350. The fourth-order valence-corrected chi connectivity index (χ4v) is 2.59. The monoisotopic (exact) mass is 314 g/mol. The van der Waals surface area contributed by atoms with E-state index in [-0.39, 0.29) is 12.4 Å². The number of esters is 1. The molecule has 0 aromatic heterocycles. The summed E-state index contributed by atoms with van der Waals surface area (Å²) in [6, 6.07) is 16.3. The van der Waals surface area contributed by atoms with Crippen LogP contribution in [-0.2, 0) is 9.53 Å². The van der Waals surface area contributed by atoms with Gasteiger partial charge in [0.25, 0.3) is 0 Å². The van der Waals surface area contributed by atoms with Crippen molar-refractivity contribution in [1.82, 2.24) is 0 Å². The largest absolute Gasteiger partial charge is 0.465 e. The Hall–Kier alpha value is -2.07. The van der Waals surface area contributed by atoms with Crippen LogP contribution in [0.25, 0.3) is 0 Å². The number of Topliss-reactive ketones (excluding diaryl/α,β-unsaturated/α-hetero) is 1. The summed E-state index contributed by atoms with van der Waals surface area (Å²) < 4.78 is 5.09. The first-order chi connectivity index (χ1) is 10.7. The summed E-state index contributed by atoms with van der Waals surface area (Å²) in [6.45, 7) is 1.99. The zero-order chi connectivity index (χ0) is 15.9. The van der Waals surface area contributed by atoms with Crippen LogP contribution in [0.4, 0.5) is 0 Å². The number of carbonyl (C=O) groups is 2. The van der Waals surface area contributed by atoms with E-state index in [4.69, 9.17) is 4.74 Å². The molecule has 0 aliphatic heterocycles. The second-order valence-electron chi connectivity index (χ2n) is 4.69. The number of hydrogen-bond acceptors (Lipinski definition) is 4. The lowest BCUT2D eigenvalue weighted by Crippen LogP contribution is -2.24. The van der Waals surface area contributed by atoms with Crippen molar-refractivity contribution in [2.24, 2.45) is 0 Å². The highest BCUT2D eigenvalue weighted by Crippen LogP contribution is 2.25. The number of benzene rings is 2. The topological polar surface area (TPSA) is 43.4 Å². The molecule has 0 saturated heterocycles. The number of hydrogen-bond donors (Lipinski definition) is 0. The Morgan fingerprint density at radius 1 is 1.05 bits per heavy atom. The van der Waals surface area contributed by atoms with E-state index in [9.17, 15) is 9.59 Å². The molecular weight excluding hydrogens is 296 g/mol. The number of ether oxygens (including phenoxy) is 1. The first-order valence-electron chi connectivity index (χ1n) is 7.07. The lowest BCUT2D eigenvalue weighted by atomic mass is 9.90. The van der Waals surface area contributed by atoms with Crippen molar-refractivity contribution in [3.05, 3.63) is 65.7 Å². The van der Waals surface area contributed by atoms with E-state index in [1.165, 1.54) is 0 Å². The highest BCUT2D eigenvalue weighted by atomic mass is 32.2. The van der Waals surface area contributed by atoms with E-state index < -0.39 is 11.9 Å². The normalized spacial score (nSPS) is 11.7. The van der Waals surface area contributed by atoms with Gasteiger partial charge in [-0.2, -0.15) is 0 Å². The molecule has 22 heavy (non-hydrogen) atoms. The molecule has 0 heterocycles. The van der Waals surface area contributed by atoms with Crippen LogP contribution < -0.4 is 0 Å². The van der Waals surface area contributed by atoms with Gasteiger partial charge < -0.3 is 4.74 Å². The van der Waals surface area contributed by atoms with Gasteiger partial charge in [-0.25, -0.2) is 0 Å². The fraction of sp³-hybridized carbons (Fsp3) is 0.222. The second-order valence-corrected chi connectivity index (χ2v) is 5.57. The predicted molar refractivity (Wildman–Crippen MR) is 88.4 cm³/mol. The van der Waals surface area contributed by atoms with Crippen LogP contribution >= 0.6 is 11.8 Å². The molecule has 1 unspecified atom stereocenters. The maximum absolute atomic E-state index is 12.7. The molecule has 114 valence electrons. The third kappa shape index (κ3) is 3.77. The molecule has 4 heteroatoms. The molecule has 3 nitrogen and oxygen atoms in total. The molecule has 0 bridgehead atoms. The zero-order valence-corrected chi connectivity index (χ0v) is 13.4. The minimum Gasteiger partial charge on any atom is -0.465 e. The van der Waals surface area contributed by atoms with Crippen LogP contribution in [0.1, 0.15) is 28.8 Å². The number of ketones is 1. The third-order valence-electron chi connectivity index (χ3n) is 3.29. The fourth-order valence-electron chi connectivity index (χ4n) is 2.19. The van der Waals surface area contributed by atoms with Crippen molar-refractivity contribution in [3.63, 3.8) is 0 Å². The molecule has 2 aromatic rings. The van der Waals surface area contributed by atoms with Crippen molar-refractivity contribution in [3.8, 4) is 0 Å². The van der Waals surface area contributed by atoms with E-state index in [0.717, 1.165) is 4.90 Å². The maximum atomic E-state index is 12.7. The van der Waals surface area contributed by atoms with Crippen molar-refractivity contribution in [2.45, 2.75) is 17.7 Å². The Balaban J connectivity index is 2.37. The van der Waals surface area contributed by atoms with Crippen LogP contribution in [0.15, 0.2) is 59.5 Å². The molecule has 0 aliphatic rings. The van der Waals surface area contributed by atoms with E-state index in [2.05, 4.69) is 0 Å². The van der Waals surface area contributed by atoms with E-state index >= 15 is 0 Å². The molecule has 0 amide bonds. The summed E-state index contributed by atoms with van der Waals surface area (Å²) in [7, 11) is 0. The van der Waals surface area contributed by atoms with Crippen molar-refractivity contribution in [2.75, 3.05) is 12.9 Å². The predicted octanol–water partition coefficient (Wildman–Crippen LogP) is 3.94. The molecule has 0 aliphatic carbocycles. The average Bonchev–Trinajstić information content (AvgIpc) is 2.56. The molecule has 2 rings (SSSR count). The molecule has 0 radical (unpaired) electrons. The van der Waals surface area contributed by atoms with Gasteiger partial charge in [-0.15, -0.1) is 11.8 Å². The SMILES string of the molecule is CCOC(=O)C(C(=O)c1ccccc1)c1ccc(SC)cc1. The van der Waals surface area contributed by atoms with Crippen LogP contribution in [0.2, 0.25) is 0 Å². The van der Waals surface area contributed by atoms with Gasteiger partial charge in [0.2, 0.25) is 0 Å². The molecule has 0 spiro atoms. The smallest absolute Gasteiger partial charge is 0.321 e. The van der Waals surface area contributed by atoms with Crippen LogP contribution in [-0.4, -0.2) is 24.6 Å². The highest BCUT2D eigenvalue weighted by Gasteiger charge is 2.30. The number of rotatable bonds is 6. The second kappa shape index (κ2) is 7.80. The van der Waals surface area contributed by atoms with Crippen LogP contribution in [0.3, 0.4) is 0 Å². The summed E-state index contributed by atoms with van der Waals surface area (Å²) in [6.07, 6.45) is 1.98. The Bertz CT molecular complexity index is 635. The first-order valence-corrected chi connectivity index (χ1v) is 8.29. The van der Waals surface area contributed by atoms with E-state index in [1.54, 1.807) is 43.0 Å². The van der Waals surface area contributed by atoms with Gasteiger partial charge in [0.15, 0.2) is 5.78 Å². The van der Waals surface area contributed by atoms with Gasteiger partial charge in [-0.3, -0.25) is 9.59 Å². The van der Waals surface area contributed by atoms with E-state index in [0.29, 0.717) is 11.1 Å². The van der Waals surface area contributed by atoms with Gasteiger partial charge in [0, 0.05) is 10.5 Å². The molecule has 0 fully saturated rings. The van der Waals surface area contributed by atoms with Gasteiger partial charge >= 0.3 is 5.97 Å². The lowest BCUT2D eigenvalue weighted by molar-refractivity contribution is -0.143. The molecule has 1 atom stereocenters. The summed E-state index contributed by atoms with van der Waals surface area (Å²) in [5.74, 6) is -1.66. The van der Waals surface area contributed by atoms with Gasteiger partial charge in [-0.1, -0.05) is 42.5 Å². The van der Waals surface area contributed by atoms with Crippen LogP contribution in [0, 0.1) is 0 Å². The molecule has 2 aromatic carbocycles. The Morgan fingerprint density at radius 2 is 1.68 bits per heavy atom. The van der Waals surface area contributed by atoms with Crippen LogP contribution in [0.5, 0.6) is 0 Å². The summed E-state index contributed by atoms with van der Waals surface area (Å²) >= 11 is 1.61. The lowest BCUT2D eigenvalue weighted by Gasteiger charge is -2.15. The summed E-state index contributed by atoms with van der Waals surface area (Å²) in [4.78, 5) is 26.1. The standard InChI is InChI=1S/C18H18O3S/c1-3-21-18(20)16(13-9-11-15(22-2)12-10-13)17(19)14-7-5-4-6-8-14/h4-12,16H,3H2,1-2H3. The first kappa shape index (κ1) is 16.3. The van der Waals surface area contributed by atoms with Gasteiger partial charge in [0.1, 0.15) is 5.92 Å². The maximum Gasteiger partial charge on any atom is 0.321 e. The molecule has 0 N–H and O–H groups in total. The van der Waals surface area contributed by atoms with Gasteiger partial charge in [0.05, 0.1) is 6.61 Å². The highest BCUT2D eigenvalue weighted by molar-refractivity contribution is 7.98.